The van der Waals surface area contributed by atoms with Crippen LogP contribution in [0.5, 0.6) is 0 Å². The summed E-state index contributed by atoms with van der Waals surface area (Å²) in [6.07, 6.45) is 3.56. The van der Waals surface area contributed by atoms with E-state index in [1.807, 2.05) is 0 Å². The molecular weight excluding hydrogens is 224 g/mol. The van der Waals surface area contributed by atoms with Crippen molar-refractivity contribution in [2.45, 2.75) is 12.3 Å². The highest BCUT2D eigenvalue weighted by Gasteiger charge is 2.31. The minimum absolute atomic E-state index is 0.121. The van der Waals surface area contributed by atoms with Crippen LogP contribution in [-0.2, 0) is 0 Å². The first-order valence-corrected chi connectivity index (χ1v) is 5.26. The van der Waals surface area contributed by atoms with Crippen LogP contribution in [0.4, 0.5) is 0 Å². The summed E-state index contributed by atoms with van der Waals surface area (Å²) in [5.74, 6) is 0.676. The van der Waals surface area contributed by atoms with E-state index in [-0.39, 0.29) is 11.8 Å². The molecule has 1 fully saturated rings. The number of aromatic nitrogens is 5. The van der Waals surface area contributed by atoms with Gasteiger partial charge in [-0.2, -0.15) is 20.4 Å². The van der Waals surface area contributed by atoms with Crippen LogP contribution in [0.15, 0.2) is 17.1 Å². The van der Waals surface area contributed by atoms with Crippen LogP contribution < -0.4 is 0 Å². The van der Waals surface area contributed by atoms with Gasteiger partial charge in [0.1, 0.15) is 0 Å². The van der Waals surface area contributed by atoms with Gasteiger partial charge in [-0.05, 0) is 6.42 Å². The van der Waals surface area contributed by atoms with E-state index in [0.717, 1.165) is 6.42 Å². The molecule has 3 heterocycles. The van der Waals surface area contributed by atoms with Crippen molar-refractivity contribution < 1.29 is 9.32 Å². The number of likely N-dealkylation sites (tertiary alicyclic amines) is 1. The Balaban J connectivity index is 1.70. The van der Waals surface area contributed by atoms with Crippen molar-refractivity contribution in [1.82, 2.24) is 30.5 Å². The summed E-state index contributed by atoms with van der Waals surface area (Å²) < 4.78 is 4.70. The highest BCUT2D eigenvalue weighted by atomic mass is 16.5. The van der Waals surface area contributed by atoms with Crippen molar-refractivity contribution in [3.05, 3.63) is 24.1 Å². The van der Waals surface area contributed by atoms with Gasteiger partial charge in [-0.3, -0.25) is 4.79 Å². The lowest BCUT2D eigenvalue weighted by molar-refractivity contribution is 0.0784. The van der Waals surface area contributed by atoms with Gasteiger partial charge >= 0.3 is 0 Å². The molecule has 0 aliphatic carbocycles. The number of nitrogens with zero attached hydrogens (tertiary/aromatic N) is 5. The molecule has 0 bridgehead atoms. The van der Waals surface area contributed by atoms with Crippen LogP contribution in [0, 0.1) is 0 Å². The maximum Gasteiger partial charge on any atom is 0.276 e. The van der Waals surface area contributed by atoms with Gasteiger partial charge in [0.15, 0.2) is 11.5 Å². The molecule has 2 aromatic heterocycles. The lowest BCUT2D eigenvalue weighted by Gasteiger charge is -2.13. The number of rotatable bonds is 2. The van der Waals surface area contributed by atoms with Crippen molar-refractivity contribution in [2.24, 2.45) is 0 Å². The number of hydrogen-bond donors (Lipinski definition) is 1. The molecule has 1 aliphatic rings. The van der Waals surface area contributed by atoms with Gasteiger partial charge < -0.3 is 9.42 Å². The molecule has 17 heavy (non-hydrogen) atoms. The summed E-state index contributed by atoms with van der Waals surface area (Å²) >= 11 is 0. The van der Waals surface area contributed by atoms with Crippen molar-refractivity contribution in [1.29, 1.82) is 0 Å². The molecule has 0 aromatic carbocycles. The normalized spacial score (nSPS) is 19.8. The molecular formula is C9H10N6O2. The molecule has 1 saturated heterocycles. The first kappa shape index (κ1) is 9.94. The van der Waals surface area contributed by atoms with E-state index in [1.165, 1.54) is 12.6 Å². The van der Waals surface area contributed by atoms with Gasteiger partial charge in [0, 0.05) is 19.0 Å². The SMILES string of the molecule is O=C(c1cn[nH]n1)N1CC[C@H](c2ncon2)C1. The molecule has 0 spiro atoms. The van der Waals surface area contributed by atoms with Crippen LogP contribution >= 0.6 is 0 Å². The zero-order chi connectivity index (χ0) is 11.7. The Morgan fingerprint density at radius 1 is 1.59 bits per heavy atom. The lowest BCUT2D eigenvalue weighted by Crippen LogP contribution is -2.28. The van der Waals surface area contributed by atoms with E-state index in [2.05, 4.69) is 25.6 Å². The molecule has 1 amide bonds. The Labute approximate surface area is 96.0 Å². The van der Waals surface area contributed by atoms with E-state index in [0.29, 0.717) is 24.6 Å². The Bertz CT molecular complexity index is 494. The maximum absolute atomic E-state index is 12.0. The third-order valence-electron chi connectivity index (χ3n) is 2.85. The third kappa shape index (κ3) is 1.77. The predicted octanol–water partition coefficient (Wildman–Crippen LogP) is -0.183. The van der Waals surface area contributed by atoms with Crippen LogP contribution in [-0.4, -0.2) is 49.4 Å². The fourth-order valence-corrected chi connectivity index (χ4v) is 1.98. The Kier molecular flexibility index (Phi) is 2.32. The summed E-state index contributed by atoms with van der Waals surface area (Å²) in [4.78, 5) is 17.7. The fraction of sp³-hybridized carbons (Fsp3) is 0.444. The number of carbonyl (C=O) groups is 1. The average molecular weight is 234 g/mol. The van der Waals surface area contributed by atoms with Crippen LogP contribution in [0.25, 0.3) is 0 Å². The molecule has 0 unspecified atom stereocenters. The summed E-state index contributed by atoms with van der Waals surface area (Å²) in [5, 5.41) is 13.6. The molecule has 1 atom stereocenters. The van der Waals surface area contributed by atoms with Crippen LogP contribution in [0.2, 0.25) is 0 Å². The minimum atomic E-state index is -0.121. The number of carbonyl (C=O) groups excluding carboxylic acids is 1. The van der Waals surface area contributed by atoms with Gasteiger partial charge in [-0.15, -0.1) is 0 Å². The number of nitrogens with one attached hydrogen (secondary N) is 1. The molecule has 3 rings (SSSR count). The zero-order valence-corrected chi connectivity index (χ0v) is 8.91. The van der Waals surface area contributed by atoms with E-state index in [9.17, 15) is 4.79 Å². The first-order valence-electron chi connectivity index (χ1n) is 5.26. The third-order valence-corrected chi connectivity index (χ3v) is 2.85. The molecule has 88 valence electrons. The van der Waals surface area contributed by atoms with E-state index < -0.39 is 0 Å². The Morgan fingerprint density at radius 3 is 3.24 bits per heavy atom. The predicted molar refractivity (Wildman–Crippen MR) is 53.9 cm³/mol. The second-order valence-corrected chi connectivity index (χ2v) is 3.88. The number of amides is 1. The standard InChI is InChI=1S/C9H10N6O2/c16-9(7-3-11-14-12-7)15-2-1-6(4-15)8-10-5-17-13-8/h3,5-6H,1-2,4H2,(H,11,12,14)/t6-/m0/s1. The monoisotopic (exact) mass is 234 g/mol. The number of hydrogen-bond acceptors (Lipinski definition) is 6. The highest BCUT2D eigenvalue weighted by Crippen LogP contribution is 2.25. The van der Waals surface area contributed by atoms with Crippen LogP contribution in [0.1, 0.15) is 28.7 Å². The summed E-state index contributed by atoms with van der Waals surface area (Å²) in [7, 11) is 0. The van der Waals surface area contributed by atoms with Crippen molar-refractivity contribution in [3.63, 3.8) is 0 Å². The lowest BCUT2D eigenvalue weighted by atomic mass is 10.1. The van der Waals surface area contributed by atoms with Gasteiger partial charge in [-0.25, -0.2) is 0 Å². The van der Waals surface area contributed by atoms with Crippen molar-refractivity contribution in [3.8, 4) is 0 Å². The minimum Gasteiger partial charge on any atom is -0.343 e. The molecule has 2 aromatic rings. The fourth-order valence-electron chi connectivity index (χ4n) is 1.98. The van der Waals surface area contributed by atoms with Gasteiger partial charge in [0.05, 0.1) is 6.20 Å². The molecule has 1 aliphatic heterocycles. The second kappa shape index (κ2) is 3.96. The highest BCUT2D eigenvalue weighted by molar-refractivity contribution is 5.92. The summed E-state index contributed by atoms with van der Waals surface area (Å²) in [6, 6.07) is 0. The van der Waals surface area contributed by atoms with Crippen molar-refractivity contribution >= 4 is 5.91 Å². The van der Waals surface area contributed by atoms with Crippen LogP contribution in [0.3, 0.4) is 0 Å². The van der Waals surface area contributed by atoms with Gasteiger partial charge in [-0.1, -0.05) is 5.16 Å². The molecule has 0 radical (unpaired) electrons. The second-order valence-electron chi connectivity index (χ2n) is 3.88. The Hall–Kier alpha value is -2.25. The van der Waals surface area contributed by atoms with Gasteiger partial charge in [0.25, 0.3) is 5.91 Å². The summed E-state index contributed by atoms with van der Waals surface area (Å²) in [6.45, 7) is 1.26. The Morgan fingerprint density at radius 2 is 2.53 bits per heavy atom. The first-order chi connectivity index (χ1) is 8.34. The number of H-pyrrole nitrogens is 1. The topological polar surface area (TPSA) is 101 Å². The smallest absolute Gasteiger partial charge is 0.276 e. The van der Waals surface area contributed by atoms with Gasteiger partial charge in [0.2, 0.25) is 6.39 Å². The molecule has 8 heteroatoms. The maximum atomic E-state index is 12.0. The van der Waals surface area contributed by atoms with E-state index in [1.54, 1.807) is 4.90 Å². The quantitative estimate of drug-likeness (QED) is 0.773. The zero-order valence-electron chi connectivity index (χ0n) is 8.91. The molecule has 1 N–H and O–H groups in total. The largest absolute Gasteiger partial charge is 0.343 e. The molecule has 8 nitrogen and oxygen atoms in total. The molecule has 0 saturated carbocycles. The number of aromatic amines is 1. The van der Waals surface area contributed by atoms with Crippen molar-refractivity contribution in [2.75, 3.05) is 13.1 Å². The average Bonchev–Trinajstić information content (AvgIpc) is 3.09. The summed E-state index contributed by atoms with van der Waals surface area (Å²) in [5.41, 5.74) is 0.332. The van der Waals surface area contributed by atoms with E-state index in [4.69, 9.17) is 4.52 Å². The van der Waals surface area contributed by atoms with E-state index >= 15 is 0 Å².